The Kier molecular flexibility index (Phi) is 5.85. The van der Waals surface area contributed by atoms with Gasteiger partial charge in [0.25, 0.3) is 0 Å². The van der Waals surface area contributed by atoms with Crippen LogP contribution in [0.5, 0.6) is 0 Å². The number of rotatable bonds is 4. The van der Waals surface area contributed by atoms with Gasteiger partial charge in [0.05, 0.1) is 11.0 Å². The number of nitrogens with zero attached hydrogens (tertiary/aromatic N) is 2. The third-order valence-corrected chi connectivity index (χ3v) is 9.05. The van der Waals surface area contributed by atoms with Crippen molar-refractivity contribution in [3.05, 3.63) is 181 Å². The molecule has 9 rings (SSSR count). The summed E-state index contributed by atoms with van der Waals surface area (Å²) >= 11 is 0. The minimum Gasteiger partial charge on any atom is -0.309 e. The smallest absolute Gasteiger partial charge is 0.0650 e. The first-order chi connectivity index (χ1) is 22.3. The summed E-state index contributed by atoms with van der Waals surface area (Å²) in [4.78, 5) is 4.82. The van der Waals surface area contributed by atoms with Crippen molar-refractivity contribution in [1.29, 1.82) is 0 Å². The lowest BCUT2D eigenvalue weighted by atomic mass is 9.93. The van der Waals surface area contributed by atoms with Crippen LogP contribution in [0.2, 0.25) is 0 Å². The van der Waals surface area contributed by atoms with Crippen molar-refractivity contribution < 1.29 is 0 Å². The number of hydrogen-bond donors (Lipinski definition) is 0. The fourth-order valence-electron chi connectivity index (χ4n) is 7.05. The highest BCUT2D eigenvalue weighted by Gasteiger charge is 2.27. The molecule has 0 saturated carbocycles. The molecule has 0 amide bonds. The molecule has 0 radical (unpaired) electrons. The van der Waals surface area contributed by atoms with Crippen molar-refractivity contribution >= 4 is 33.5 Å². The van der Waals surface area contributed by atoms with Crippen LogP contribution in [0.1, 0.15) is 16.7 Å². The van der Waals surface area contributed by atoms with E-state index >= 15 is 0 Å². The second-order valence-corrected chi connectivity index (χ2v) is 11.6. The Labute approximate surface area is 262 Å². The maximum absolute atomic E-state index is 4.82. The van der Waals surface area contributed by atoms with Crippen LogP contribution in [0.25, 0.3) is 72.5 Å². The molecule has 0 atom stereocenters. The van der Waals surface area contributed by atoms with E-state index in [4.69, 9.17) is 4.98 Å². The van der Waals surface area contributed by atoms with Crippen molar-refractivity contribution in [1.82, 2.24) is 9.55 Å². The number of para-hydroxylation sites is 2. The SMILES string of the molecule is C(=C1\c2ccccc2-c2c1cccc2-c1cncc2c3ccccc3n(-c3ccccc3)c12)/c1ccc(-c2ccccc2)cc1. The zero-order valence-corrected chi connectivity index (χ0v) is 24.6. The van der Waals surface area contributed by atoms with Crippen LogP contribution in [0.15, 0.2) is 164 Å². The molecular formula is C43H28N2. The van der Waals surface area contributed by atoms with Gasteiger partial charge in [0, 0.05) is 34.4 Å². The molecule has 6 aromatic carbocycles. The van der Waals surface area contributed by atoms with E-state index in [1.54, 1.807) is 0 Å². The van der Waals surface area contributed by atoms with Crippen molar-refractivity contribution in [3.63, 3.8) is 0 Å². The fraction of sp³-hybridized carbons (Fsp3) is 0. The zero-order valence-electron chi connectivity index (χ0n) is 24.6. The minimum atomic E-state index is 1.13. The van der Waals surface area contributed by atoms with Crippen molar-refractivity contribution in [2.45, 2.75) is 0 Å². The molecule has 1 aliphatic rings. The quantitative estimate of drug-likeness (QED) is 0.205. The van der Waals surface area contributed by atoms with Crippen LogP contribution in [-0.2, 0) is 0 Å². The predicted octanol–water partition coefficient (Wildman–Crippen LogP) is 11.1. The first kappa shape index (κ1) is 25.5. The number of hydrogen-bond acceptors (Lipinski definition) is 1. The fourth-order valence-corrected chi connectivity index (χ4v) is 7.05. The first-order valence-corrected chi connectivity index (χ1v) is 15.4. The first-order valence-electron chi connectivity index (χ1n) is 15.4. The van der Waals surface area contributed by atoms with E-state index < -0.39 is 0 Å². The number of benzene rings is 6. The van der Waals surface area contributed by atoms with Gasteiger partial charge in [-0.05, 0) is 74.4 Å². The number of fused-ring (bicyclic) bond motifs is 6. The molecule has 0 unspecified atom stereocenters. The number of aromatic nitrogens is 2. The highest BCUT2D eigenvalue weighted by Crippen LogP contribution is 2.50. The molecule has 0 spiro atoms. The Balaban J connectivity index is 1.27. The van der Waals surface area contributed by atoms with Gasteiger partial charge in [-0.15, -0.1) is 0 Å². The van der Waals surface area contributed by atoms with Gasteiger partial charge in [-0.3, -0.25) is 4.98 Å². The Morgan fingerprint density at radius 2 is 1.09 bits per heavy atom. The molecule has 1 aliphatic carbocycles. The molecule has 8 aromatic rings. The molecule has 0 aliphatic heterocycles. The Morgan fingerprint density at radius 1 is 0.444 bits per heavy atom. The summed E-state index contributed by atoms with van der Waals surface area (Å²) in [6, 6.07) is 54.3. The van der Waals surface area contributed by atoms with Crippen LogP contribution in [-0.4, -0.2) is 9.55 Å². The van der Waals surface area contributed by atoms with Gasteiger partial charge < -0.3 is 4.57 Å². The van der Waals surface area contributed by atoms with Gasteiger partial charge in [0.2, 0.25) is 0 Å². The average Bonchev–Trinajstić information content (AvgIpc) is 3.62. The molecule has 2 heteroatoms. The van der Waals surface area contributed by atoms with Gasteiger partial charge in [-0.2, -0.15) is 0 Å². The van der Waals surface area contributed by atoms with Crippen molar-refractivity contribution in [3.8, 4) is 39.1 Å². The third kappa shape index (κ3) is 4.07. The molecule has 210 valence electrons. The monoisotopic (exact) mass is 572 g/mol. The molecule has 0 fully saturated rings. The van der Waals surface area contributed by atoms with E-state index in [0.717, 1.165) is 16.6 Å². The Morgan fingerprint density at radius 3 is 1.91 bits per heavy atom. The summed E-state index contributed by atoms with van der Waals surface area (Å²) in [5.41, 5.74) is 15.7. The maximum atomic E-state index is 4.82. The van der Waals surface area contributed by atoms with Gasteiger partial charge in [0.1, 0.15) is 0 Å². The Bertz CT molecular complexity index is 2400. The minimum absolute atomic E-state index is 1.13. The largest absolute Gasteiger partial charge is 0.309 e. The zero-order chi connectivity index (χ0) is 29.7. The Hall–Kier alpha value is -5.99. The van der Waals surface area contributed by atoms with Crippen molar-refractivity contribution in [2.24, 2.45) is 0 Å². The lowest BCUT2D eigenvalue weighted by Gasteiger charge is -2.14. The summed E-state index contributed by atoms with van der Waals surface area (Å²) in [5, 5.41) is 2.36. The van der Waals surface area contributed by atoms with Crippen LogP contribution < -0.4 is 0 Å². The summed E-state index contributed by atoms with van der Waals surface area (Å²) in [6.07, 6.45) is 6.40. The summed E-state index contributed by atoms with van der Waals surface area (Å²) in [7, 11) is 0. The standard InChI is InChI=1S/C43H28N2/c1-3-12-30(13-4-1)31-24-22-29(23-25-31)26-38-33-16-7-8-18-35(33)42-36(38)19-11-20-37(42)40-28-44-27-39-34-17-9-10-21-41(34)45(43(39)40)32-14-5-2-6-15-32/h1-28H/b38-26-. The van der Waals surface area contributed by atoms with Gasteiger partial charge in [-0.25, -0.2) is 0 Å². The summed E-state index contributed by atoms with van der Waals surface area (Å²) in [6.45, 7) is 0. The van der Waals surface area contributed by atoms with Crippen LogP contribution in [0, 0.1) is 0 Å². The molecule has 2 heterocycles. The second kappa shape index (κ2) is 10.3. The normalized spacial score (nSPS) is 12.9. The van der Waals surface area contributed by atoms with Gasteiger partial charge >= 0.3 is 0 Å². The van der Waals surface area contributed by atoms with E-state index in [9.17, 15) is 0 Å². The molecule has 2 nitrogen and oxygen atoms in total. The molecule has 45 heavy (non-hydrogen) atoms. The molecule has 0 bridgehead atoms. The van der Waals surface area contributed by atoms with Crippen LogP contribution in [0.4, 0.5) is 0 Å². The van der Waals surface area contributed by atoms with E-state index in [1.807, 2.05) is 12.4 Å². The van der Waals surface area contributed by atoms with E-state index in [1.165, 1.54) is 66.5 Å². The lowest BCUT2D eigenvalue weighted by Crippen LogP contribution is -1.96. The molecular weight excluding hydrogens is 544 g/mol. The van der Waals surface area contributed by atoms with E-state index in [-0.39, 0.29) is 0 Å². The highest BCUT2D eigenvalue weighted by molar-refractivity contribution is 6.16. The van der Waals surface area contributed by atoms with Gasteiger partial charge in [-0.1, -0.05) is 133 Å². The summed E-state index contributed by atoms with van der Waals surface area (Å²) < 4.78 is 2.40. The van der Waals surface area contributed by atoms with Crippen LogP contribution >= 0.6 is 0 Å². The summed E-state index contributed by atoms with van der Waals surface area (Å²) in [5.74, 6) is 0. The topological polar surface area (TPSA) is 17.8 Å². The van der Waals surface area contributed by atoms with Crippen molar-refractivity contribution in [2.75, 3.05) is 0 Å². The number of pyridine rings is 1. The van der Waals surface area contributed by atoms with Gasteiger partial charge in [0.15, 0.2) is 0 Å². The highest BCUT2D eigenvalue weighted by atomic mass is 15.0. The van der Waals surface area contributed by atoms with E-state index in [0.29, 0.717) is 0 Å². The average molecular weight is 573 g/mol. The molecule has 0 saturated heterocycles. The third-order valence-electron chi connectivity index (χ3n) is 9.05. The second-order valence-electron chi connectivity index (χ2n) is 11.6. The molecule has 0 N–H and O–H groups in total. The predicted molar refractivity (Wildman–Crippen MR) is 188 cm³/mol. The molecule has 2 aromatic heterocycles. The maximum Gasteiger partial charge on any atom is 0.0650 e. The van der Waals surface area contributed by atoms with E-state index in [2.05, 4.69) is 162 Å². The van der Waals surface area contributed by atoms with Crippen LogP contribution in [0.3, 0.4) is 0 Å². The lowest BCUT2D eigenvalue weighted by molar-refractivity contribution is 1.18.